The van der Waals surface area contributed by atoms with Crippen LogP contribution in [-0.2, 0) is 5.54 Å². The van der Waals surface area contributed by atoms with Crippen molar-refractivity contribution in [3.8, 4) is 0 Å². The van der Waals surface area contributed by atoms with E-state index in [0.717, 1.165) is 40.3 Å². The molecule has 0 saturated carbocycles. The number of hydrogen-bond donors (Lipinski definition) is 3. The van der Waals surface area contributed by atoms with Gasteiger partial charge in [0, 0.05) is 9.79 Å². The van der Waals surface area contributed by atoms with Gasteiger partial charge in [0.1, 0.15) is 0 Å². The summed E-state index contributed by atoms with van der Waals surface area (Å²) in [6, 6.07) is 27.2. The van der Waals surface area contributed by atoms with Crippen LogP contribution in [0.3, 0.4) is 0 Å². The van der Waals surface area contributed by atoms with Crippen LogP contribution in [0.5, 0.6) is 0 Å². The molecule has 3 aromatic rings. The van der Waals surface area contributed by atoms with Gasteiger partial charge >= 0.3 is 0 Å². The molecule has 0 aliphatic rings. The summed E-state index contributed by atoms with van der Waals surface area (Å²) in [6.07, 6.45) is 2.25. The zero-order valence-corrected chi connectivity index (χ0v) is 16.8. The molecule has 3 aromatic carbocycles. The molecule has 0 radical (unpaired) electrons. The zero-order chi connectivity index (χ0) is 18.4. The summed E-state index contributed by atoms with van der Waals surface area (Å²) >= 11 is 9.61. The van der Waals surface area contributed by atoms with Crippen molar-refractivity contribution < 1.29 is 0 Å². The molecule has 0 atom stereocenters. The molecule has 0 aromatic heterocycles. The minimum Gasteiger partial charge on any atom is -0.300 e. The van der Waals surface area contributed by atoms with E-state index in [-0.39, 0.29) is 0 Å². The van der Waals surface area contributed by atoms with Crippen molar-refractivity contribution in [2.45, 2.75) is 35.1 Å². The summed E-state index contributed by atoms with van der Waals surface area (Å²) in [4.78, 5) is 1.94. The Morgan fingerprint density at radius 1 is 0.731 bits per heavy atom. The molecule has 0 fully saturated rings. The molecule has 1 N–H and O–H groups in total. The van der Waals surface area contributed by atoms with E-state index in [0.29, 0.717) is 0 Å². The average molecular weight is 380 g/mol. The molecule has 0 spiro atoms. The predicted octanol–water partition coefficient (Wildman–Crippen LogP) is 5.95. The summed E-state index contributed by atoms with van der Waals surface area (Å²) in [5.41, 5.74) is 2.99. The SMILES string of the molecule is CCCCNC(c1ccccc1)(c1ccccc1S)c1ccccc1S. The molecule has 26 heavy (non-hydrogen) atoms. The van der Waals surface area contributed by atoms with Crippen LogP contribution in [0.25, 0.3) is 0 Å². The summed E-state index contributed by atoms with van der Waals surface area (Å²) in [5.74, 6) is 0. The van der Waals surface area contributed by atoms with Crippen LogP contribution < -0.4 is 5.32 Å². The highest BCUT2D eigenvalue weighted by molar-refractivity contribution is 7.80. The topological polar surface area (TPSA) is 12.0 Å². The molecule has 0 bridgehead atoms. The fourth-order valence-corrected chi connectivity index (χ4v) is 4.13. The Hall–Kier alpha value is -1.68. The van der Waals surface area contributed by atoms with E-state index in [4.69, 9.17) is 25.3 Å². The zero-order valence-electron chi connectivity index (χ0n) is 15.0. The standard InChI is InChI=1S/C23H25NS2/c1-2-3-17-24-23(18-11-5-4-6-12-18,19-13-7-9-15-21(19)25)20-14-8-10-16-22(20)26/h4-16,24-26H,2-3,17H2,1H3. The smallest absolute Gasteiger partial charge is 0.0969 e. The van der Waals surface area contributed by atoms with Crippen LogP contribution in [0.4, 0.5) is 0 Å². The monoisotopic (exact) mass is 379 g/mol. The van der Waals surface area contributed by atoms with Crippen LogP contribution in [0.15, 0.2) is 88.7 Å². The largest absolute Gasteiger partial charge is 0.300 e. The second kappa shape index (κ2) is 8.81. The third kappa shape index (κ3) is 3.71. The first-order chi connectivity index (χ1) is 12.7. The fourth-order valence-electron chi connectivity index (χ4n) is 3.47. The second-order valence-electron chi connectivity index (χ2n) is 6.43. The number of rotatable bonds is 7. The molecule has 134 valence electrons. The third-order valence-electron chi connectivity index (χ3n) is 4.74. The summed E-state index contributed by atoms with van der Waals surface area (Å²) in [6.45, 7) is 3.13. The van der Waals surface area contributed by atoms with Gasteiger partial charge in [0.25, 0.3) is 0 Å². The van der Waals surface area contributed by atoms with Crippen molar-refractivity contribution >= 4 is 25.3 Å². The molecule has 0 heterocycles. The number of thiol groups is 2. The van der Waals surface area contributed by atoms with Gasteiger partial charge in [-0.25, -0.2) is 0 Å². The Bertz CT molecular complexity index is 800. The van der Waals surface area contributed by atoms with E-state index in [9.17, 15) is 0 Å². The maximum Gasteiger partial charge on any atom is 0.0969 e. The van der Waals surface area contributed by atoms with Gasteiger partial charge in [-0.1, -0.05) is 80.1 Å². The van der Waals surface area contributed by atoms with E-state index in [1.165, 1.54) is 5.56 Å². The molecule has 0 unspecified atom stereocenters. The van der Waals surface area contributed by atoms with E-state index in [1.54, 1.807) is 0 Å². The first kappa shape index (κ1) is 19.1. The number of hydrogen-bond acceptors (Lipinski definition) is 3. The van der Waals surface area contributed by atoms with Crippen LogP contribution in [0.1, 0.15) is 36.5 Å². The quantitative estimate of drug-likeness (QED) is 0.262. The molecule has 1 nitrogen and oxygen atoms in total. The van der Waals surface area contributed by atoms with Gasteiger partial charge < -0.3 is 0 Å². The molecule has 3 heteroatoms. The highest BCUT2D eigenvalue weighted by atomic mass is 32.1. The maximum atomic E-state index is 4.81. The van der Waals surface area contributed by atoms with Crippen molar-refractivity contribution in [2.75, 3.05) is 6.54 Å². The minimum absolute atomic E-state index is 0.493. The molecule has 0 aliphatic heterocycles. The van der Waals surface area contributed by atoms with Crippen molar-refractivity contribution in [3.05, 3.63) is 95.6 Å². The lowest BCUT2D eigenvalue weighted by Gasteiger charge is -2.38. The molecular formula is C23H25NS2. The lowest BCUT2D eigenvalue weighted by atomic mass is 9.76. The van der Waals surface area contributed by atoms with Gasteiger partial charge in [-0.2, -0.15) is 0 Å². The van der Waals surface area contributed by atoms with Crippen molar-refractivity contribution in [1.29, 1.82) is 0 Å². The Balaban J connectivity index is 2.31. The van der Waals surface area contributed by atoms with Gasteiger partial charge in [0.15, 0.2) is 0 Å². The first-order valence-corrected chi connectivity index (χ1v) is 9.97. The maximum absolute atomic E-state index is 4.81. The minimum atomic E-state index is -0.493. The number of unbranched alkanes of at least 4 members (excludes halogenated alkanes) is 1. The summed E-state index contributed by atoms with van der Waals surface area (Å²) < 4.78 is 0. The Labute approximate surface area is 167 Å². The first-order valence-electron chi connectivity index (χ1n) is 9.07. The van der Waals surface area contributed by atoms with Gasteiger partial charge in [-0.3, -0.25) is 5.32 Å². The molecule has 0 saturated heterocycles. The Morgan fingerprint density at radius 3 is 1.73 bits per heavy atom. The normalized spacial score (nSPS) is 11.5. The molecule has 0 amide bonds. The van der Waals surface area contributed by atoms with Crippen LogP contribution in [-0.4, -0.2) is 6.54 Å². The predicted molar refractivity (Wildman–Crippen MR) is 117 cm³/mol. The summed E-state index contributed by atoms with van der Waals surface area (Å²) in [5, 5.41) is 3.87. The lowest BCUT2D eigenvalue weighted by molar-refractivity contribution is 0.452. The summed E-state index contributed by atoms with van der Waals surface area (Å²) in [7, 11) is 0. The number of benzene rings is 3. The average Bonchev–Trinajstić information content (AvgIpc) is 2.68. The highest BCUT2D eigenvalue weighted by Crippen LogP contribution is 2.41. The van der Waals surface area contributed by atoms with Gasteiger partial charge in [0.2, 0.25) is 0 Å². The van der Waals surface area contributed by atoms with Gasteiger partial charge in [0.05, 0.1) is 5.54 Å². The fraction of sp³-hybridized carbons (Fsp3) is 0.217. The van der Waals surface area contributed by atoms with Crippen LogP contribution in [0, 0.1) is 0 Å². The van der Waals surface area contributed by atoms with E-state index in [1.807, 2.05) is 12.1 Å². The highest BCUT2D eigenvalue weighted by Gasteiger charge is 2.38. The van der Waals surface area contributed by atoms with Crippen molar-refractivity contribution in [2.24, 2.45) is 0 Å². The van der Waals surface area contributed by atoms with Crippen molar-refractivity contribution in [1.82, 2.24) is 5.32 Å². The van der Waals surface area contributed by atoms with E-state index >= 15 is 0 Å². The van der Waals surface area contributed by atoms with Crippen LogP contribution in [0.2, 0.25) is 0 Å². The van der Waals surface area contributed by atoms with Crippen molar-refractivity contribution in [3.63, 3.8) is 0 Å². The van der Waals surface area contributed by atoms with Crippen LogP contribution >= 0.6 is 25.3 Å². The third-order valence-corrected chi connectivity index (χ3v) is 5.52. The molecule has 3 rings (SSSR count). The molecule has 0 aliphatic carbocycles. The van der Waals surface area contributed by atoms with Gasteiger partial charge in [-0.15, -0.1) is 25.3 Å². The lowest BCUT2D eigenvalue weighted by Crippen LogP contribution is -2.45. The second-order valence-corrected chi connectivity index (χ2v) is 7.39. The van der Waals surface area contributed by atoms with E-state index in [2.05, 4.69) is 79.0 Å². The number of nitrogens with one attached hydrogen (secondary N) is 1. The van der Waals surface area contributed by atoms with E-state index < -0.39 is 5.54 Å². The molecular weight excluding hydrogens is 354 g/mol. The van der Waals surface area contributed by atoms with Gasteiger partial charge in [-0.05, 0) is 41.8 Å². The Morgan fingerprint density at radius 2 is 1.23 bits per heavy atom. The Kier molecular flexibility index (Phi) is 6.47.